The summed E-state index contributed by atoms with van der Waals surface area (Å²) in [5, 5.41) is 13.2. The van der Waals surface area contributed by atoms with Crippen molar-refractivity contribution < 1.29 is 18.0 Å². The summed E-state index contributed by atoms with van der Waals surface area (Å²) in [7, 11) is 0. The molecule has 6 nitrogen and oxygen atoms in total. The lowest BCUT2D eigenvalue weighted by Gasteiger charge is -2.14. The minimum Gasteiger partial charge on any atom is -0.347 e. The normalized spacial score (nSPS) is 14.9. The number of para-hydroxylation sites is 1. The highest BCUT2D eigenvalue weighted by atomic mass is 19.4. The number of amides is 1. The molecule has 1 aromatic carbocycles. The van der Waals surface area contributed by atoms with Gasteiger partial charge in [0.2, 0.25) is 0 Å². The molecule has 0 radical (unpaired) electrons. The number of aromatic nitrogens is 3. The first-order valence-corrected chi connectivity index (χ1v) is 7.71. The minimum atomic E-state index is -4.52. The third kappa shape index (κ3) is 4.05. The zero-order valence-electron chi connectivity index (χ0n) is 13.2. The summed E-state index contributed by atoms with van der Waals surface area (Å²) >= 11 is 0. The molecule has 2 aromatic rings. The van der Waals surface area contributed by atoms with Crippen molar-refractivity contribution in [1.29, 1.82) is 0 Å². The maximum Gasteiger partial charge on any atom is 0.418 e. The van der Waals surface area contributed by atoms with Gasteiger partial charge < -0.3 is 10.6 Å². The van der Waals surface area contributed by atoms with Crippen LogP contribution in [0.2, 0.25) is 0 Å². The van der Waals surface area contributed by atoms with Gasteiger partial charge in [0.25, 0.3) is 5.91 Å². The van der Waals surface area contributed by atoms with E-state index in [0.717, 1.165) is 35.8 Å². The van der Waals surface area contributed by atoms with Gasteiger partial charge in [0.05, 0.1) is 17.4 Å². The molecular weight excluding hydrogens is 335 g/mol. The van der Waals surface area contributed by atoms with E-state index in [2.05, 4.69) is 20.9 Å². The van der Waals surface area contributed by atoms with Crippen LogP contribution in [-0.4, -0.2) is 40.5 Å². The number of halogens is 3. The van der Waals surface area contributed by atoms with E-state index in [0.29, 0.717) is 6.54 Å². The molecule has 1 aliphatic heterocycles. The Morgan fingerprint density at radius 1 is 1.32 bits per heavy atom. The van der Waals surface area contributed by atoms with Crippen molar-refractivity contribution in [3.8, 4) is 5.69 Å². The van der Waals surface area contributed by atoms with Gasteiger partial charge >= 0.3 is 6.18 Å². The molecule has 0 saturated carbocycles. The molecule has 0 saturated heterocycles. The topological polar surface area (TPSA) is 71.8 Å². The Morgan fingerprint density at radius 3 is 2.84 bits per heavy atom. The summed E-state index contributed by atoms with van der Waals surface area (Å²) in [5.41, 5.74) is 0.0442. The lowest BCUT2D eigenvalue weighted by molar-refractivity contribution is -0.137. The van der Waals surface area contributed by atoms with Crippen LogP contribution in [-0.2, 0) is 6.18 Å². The third-order valence-electron chi connectivity index (χ3n) is 3.82. The van der Waals surface area contributed by atoms with Crippen LogP contribution < -0.4 is 10.6 Å². The first-order valence-electron chi connectivity index (χ1n) is 7.71. The molecule has 0 aliphatic carbocycles. The highest BCUT2D eigenvalue weighted by Gasteiger charge is 2.34. The van der Waals surface area contributed by atoms with Crippen molar-refractivity contribution in [2.45, 2.75) is 12.6 Å². The maximum atomic E-state index is 13.1. The zero-order valence-corrected chi connectivity index (χ0v) is 13.2. The van der Waals surface area contributed by atoms with Crippen LogP contribution in [0.1, 0.15) is 22.5 Å². The SMILES string of the molecule is O=C(NCC1=CCNCC1)c1cn(-c2ccccc2C(F)(F)F)nn1. The van der Waals surface area contributed by atoms with E-state index < -0.39 is 17.6 Å². The average molecular weight is 351 g/mol. The largest absolute Gasteiger partial charge is 0.418 e. The molecule has 1 aromatic heterocycles. The van der Waals surface area contributed by atoms with Gasteiger partial charge in [-0.2, -0.15) is 13.2 Å². The highest BCUT2D eigenvalue weighted by Crippen LogP contribution is 2.33. The quantitative estimate of drug-likeness (QED) is 0.826. The number of carbonyl (C=O) groups excluding carboxylic acids is 1. The predicted octanol–water partition coefficient (Wildman–Crippen LogP) is 1.94. The Kier molecular flexibility index (Phi) is 4.84. The smallest absolute Gasteiger partial charge is 0.347 e. The Labute approximate surface area is 141 Å². The molecule has 2 N–H and O–H groups in total. The number of nitrogens with zero attached hydrogens (tertiary/aromatic N) is 3. The molecule has 0 unspecified atom stereocenters. The second-order valence-corrected chi connectivity index (χ2v) is 5.56. The number of alkyl halides is 3. The van der Waals surface area contributed by atoms with Crippen molar-refractivity contribution in [2.24, 2.45) is 0 Å². The third-order valence-corrected chi connectivity index (χ3v) is 3.82. The van der Waals surface area contributed by atoms with Gasteiger partial charge in [0, 0.05) is 13.1 Å². The highest BCUT2D eigenvalue weighted by molar-refractivity contribution is 5.92. The van der Waals surface area contributed by atoms with E-state index >= 15 is 0 Å². The molecule has 0 bridgehead atoms. The molecule has 3 rings (SSSR count). The molecule has 0 atom stereocenters. The van der Waals surface area contributed by atoms with E-state index in [1.54, 1.807) is 0 Å². The second kappa shape index (κ2) is 7.06. The molecular formula is C16H16F3N5O. The van der Waals surface area contributed by atoms with Gasteiger partial charge in [-0.05, 0) is 25.1 Å². The molecule has 2 heterocycles. The van der Waals surface area contributed by atoms with E-state index in [1.807, 2.05) is 6.08 Å². The summed E-state index contributed by atoms with van der Waals surface area (Å²) < 4.78 is 40.2. The zero-order chi connectivity index (χ0) is 17.9. The summed E-state index contributed by atoms with van der Waals surface area (Å²) in [6.07, 6.45) is -0.491. The Bertz CT molecular complexity index is 797. The number of nitrogens with one attached hydrogen (secondary N) is 2. The maximum absolute atomic E-state index is 13.1. The van der Waals surface area contributed by atoms with Crippen LogP contribution in [0.15, 0.2) is 42.1 Å². The fourth-order valence-corrected chi connectivity index (χ4v) is 2.51. The fraction of sp³-hybridized carbons (Fsp3) is 0.312. The van der Waals surface area contributed by atoms with Crippen LogP contribution in [0, 0.1) is 0 Å². The van der Waals surface area contributed by atoms with Crippen molar-refractivity contribution >= 4 is 5.91 Å². The number of hydrogen-bond donors (Lipinski definition) is 2. The van der Waals surface area contributed by atoms with E-state index in [1.165, 1.54) is 24.4 Å². The molecule has 1 amide bonds. The summed E-state index contributed by atoms with van der Waals surface area (Å²) in [6, 6.07) is 5.00. The molecule has 0 fully saturated rings. The summed E-state index contributed by atoms with van der Waals surface area (Å²) in [4.78, 5) is 12.1. The number of benzene rings is 1. The van der Waals surface area contributed by atoms with Gasteiger partial charge in [-0.25, -0.2) is 4.68 Å². The van der Waals surface area contributed by atoms with Gasteiger partial charge in [-0.15, -0.1) is 5.10 Å². The lowest BCUT2D eigenvalue weighted by atomic mass is 10.1. The predicted molar refractivity (Wildman–Crippen MR) is 84.3 cm³/mol. The Morgan fingerprint density at radius 2 is 2.12 bits per heavy atom. The van der Waals surface area contributed by atoms with Crippen molar-refractivity contribution in [3.05, 3.63) is 53.4 Å². The van der Waals surface area contributed by atoms with Gasteiger partial charge in [-0.3, -0.25) is 4.79 Å². The van der Waals surface area contributed by atoms with E-state index in [-0.39, 0.29) is 11.4 Å². The Balaban J connectivity index is 1.74. The van der Waals surface area contributed by atoms with Crippen LogP contribution >= 0.6 is 0 Å². The molecule has 9 heteroatoms. The minimum absolute atomic E-state index is 0.0356. The Hall–Kier alpha value is -2.68. The van der Waals surface area contributed by atoms with E-state index in [4.69, 9.17) is 0 Å². The monoisotopic (exact) mass is 351 g/mol. The first-order chi connectivity index (χ1) is 11.9. The van der Waals surface area contributed by atoms with Crippen molar-refractivity contribution in [3.63, 3.8) is 0 Å². The number of hydrogen-bond acceptors (Lipinski definition) is 4. The molecule has 0 spiro atoms. The van der Waals surface area contributed by atoms with Crippen LogP contribution in [0.3, 0.4) is 0 Å². The van der Waals surface area contributed by atoms with E-state index in [9.17, 15) is 18.0 Å². The average Bonchev–Trinajstić information content (AvgIpc) is 3.10. The van der Waals surface area contributed by atoms with Crippen LogP contribution in [0.4, 0.5) is 13.2 Å². The molecule has 25 heavy (non-hydrogen) atoms. The van der Waals surface area contributed by atoms with Crippen molar-refractivity contribution in [2.75, 3.05) is 19.6 Å². The van der Waals surface area contributed by atoms with Gasteiger partial charge in [-0.1, -0.05) is 29.0 Å². The number of carbonyl (C=O) groups is 1. The van der Waals surface area contributed by atoms with Crippen LogP contribution in [0.25, 0.3) is 5.69 Å². The molecule has 132 valence electrons. The fourth-order valence-electron chi connectivity index (χ4n) is 2.51. The number of rotatable bonds is 4. The molecule has 1 aliphatic rings. The summed E-state index contributed by atoms with van der Waals surface area (Å²) in [6.45, 7) is 1.99. The van der Waals surface area contributed by atoms with Crippen LogP contribution in [0.5, 0.6) is 0 Å². The van der Waals surface area contributed by atoms with Crippen molar-refractivity contribution in [1.82, 2.24) is 25.6 Å². The van der Waals surface area contributed by atoms with Gasteiger partial charge in [0.1, 0.15) is 0 Å². The summed E-state index contributed by atoms with van der Waals surface area (Å²) in [5.74, 6) is -0.477. The second-order valence-electron chi connectivity index (χ2n) is 5.56. The standard InChI is InChI=1S/C16H16F3N5O/c17-16(18,19)12-3-1-2-4-14(12)24-10-13(22-23-24)15(25)21-9-11-5-7-20-8-6-11/h1-5,10,20H,6-9H2,(H,21,25). The lowest BCUT2D eigenvalue weighted by Crippen LogP contribution is -2.29. The first kappa shape index (κ1) is 17.2. The van der Waals surface area contributed by atoms with Gasteiger partial charge in [0.15, 0.2) is 5.69 Å².